The highest BCUT2D eigenvalue weighted by atomic mass is 16.5. The molecule has 0 spiro atoms. The summed E-state index contributed by atoms with van der Waals surface area (Å²) in [6, 6.07) is 8.70. The van der Waals surface area contributed by atoms with Crippen molar-refractivity contribution in [3.8, 4) is 11.8 Å². The number of nitriles is 1. The van der Waals surface area contributed by atoms with E-state index in [0.717, 1.165) is 29.5 Å². The van der Waals surface area contributed by atoms with Gasteiger partial charge in [-0.05, 0) is 43.7 Å². The van der Waals surface area contributed by atoms with Crippen LogP contribution >= 0.6 is 0 Å². The van der Waals surface area contributed by atoms with E-state index in [2.05, 4.69) is 11.0 Å². The fraction of sp³-hybridized carbons (Fsp3) is 0.533. The molecule has 0 radical (unpaired) electrons. The Hall–Kier alpha value is -1.69. The molecule has 1 aromatic rings. The van der Waals surface area contributed by atoms with Gasteiger partial charge in [-0.3, -0.25) is 0 Å². The summed E-state index contributed by atoms with van der Waals surface area (Å²) in [5.41, 5.74) is 1.83. The zero-order valence-electron chi connectivity index (χ0n) is 10.7. The van der Waals surface area contributed by atoms with Gasteiger partial charge in [0.1, 0.15) is 11.8 Å². The molecule has 0 atom stereocenters. The summed E-state index contributed by atoms with van der Waals surface area (Å²) in [7, 11) is 1.67. The lowest BCUT2D eigenvalue weighted by molar-refractivity contribution is 0.414. The van der Waals surface area contributed by atoms with Crippen LogP contribution in [0.4, 0.5) is 5.69 Å². The molecule has 2 saturated carbocycles. The molecule has 0 amide bonds. The van der Waals surface area contributed by atoms with E-state index in [4.69, 9.17) is 4.74 Å². The number of hydrogen-bond donors (Lipinski definition) is 0. The van der Waals surface area contributed by atoms with Crippen molar-refractivity contribution >= 4 is 5.69 Å². The van der Waals surface area contributed by atoms with E-state index in [1.807, 2.05) is 18.2 Å². The molecule has 0 unspecified atom stereocenters. The molecule has 2 aliphatic rings. The Morgan fingerprint density at radius 3 is 2.67 bits per heavy atom. The summed E-state index contributed by atoms with van der Waals surface area (Å²) in [5, 5.41) is 9.27. The first-order valence-corrected chi connectivity index (χ1v) is 6.66. The number of hydrogen-bond acceptors (Lipinski definition) is 3. The number of ether oxygens (including phenoxy) is 1. The zero-order valence-corrected chi connectivity index (χ0v) is 10.7. The van der Waals surface area contributed by atoms with Crippen LogP contribution in [0.15, 0.2) is 18.2 Å². The molecular formula is C15H18N2O. The Bertz CT molecular complexity index is 484. The molecule has 0 aromatic heterocycles. The molecule has 0 aliphatic heterocycles. The minimum absolute atomic E-state index is 0.643. The van der Waals surface area contributed by atoms with Crippen molar-refractivity contribution in [1.82, 2.24) is 0 Å². The molecule has 2 aliphatic carbocycles. The Morgan fingerprint density at radius 2 is 2.11 bits per heavy atom. The van der Waals surface area contributed by atoms with Crippen LogP contribution in [0.3, 0.4) is 0 Å². The van der Waals surface area contributed by atoms with Gasteiger partial charge in [-0.15, -0.1) is 0 Å². The van der Waals surface area contributed by atoms with Gasteiger partial charge in [0.2, 0.25) is 0 Å². The standard InChI is InChI=1S/C15H18N2O/c1-18-14-7-4-12(9-16)15(8-14)17(13-5-6-13)10-11-2-3-11/h4,7-8,11,13H,2-3,5-6,10H2,1H3. The predicted molar refractivity (Wildman–Crippen MR) is 70.8 cm³/mol. The highest BCUT2D eigenvalue weighted by Gasteiger charge is 2.34. The normalized spacial score (nSPS) is 18.2. The van der Waals surface area contributed by atoms with Crippen LogP contribution < -0.4 is 9.64 Å². The van der Waals surface area contributed by atoms with Crippen LogP contribution in [0, 0.1) is 17.2 Å². The fourth-order valence-corrected chi connectivity index (χ4v) is 2.38. The largest absolute Gasteiger partial charge is 0.497 e. The number of rotatable bonds is 5. The van der Waals surface area contributed by atoms with Gasteiger partial charge in [0.15, 0.2) is 0 Å². The van der Waals surface area contributed by atoms with Crippen LogP contribution in [-0.4, -0.2) is 19.7 Å². The van der Waals surface area contributed by atoms with Crippen molar-refractivity contribution in [3.05, 3.63) is 23.8 Å². The maximum absolute atomic E-state index is 9.27. The number of nitrogens with zero attached hydrogens (tertiary/aromatic N) is 2. The summed E-state index contributed by atoms with van der Waals surface area (Å²) in [6.07, 6.45) is 5.20. The van der Waals surface area contributed by atoms with Crippen molar-refractivity contribution in [1.29, 1.82) is 5.26 Å². The third kappa shape index (κ3) is 2.28. The van der Waals surface area contributed by atoms with Gasteiger partial charge in [-0.2, -0.15) is 5.26 Å². The molecular weight excluding hydrogens is 224 g/mol. The van der Waals surface area contributed by atoms with Crippen LogP contribution in [0.2, 0.25) is 0 Å². The van der Waals surface area contributed by atoms with Crippen molar-refractivity contribution in [3.63, 3.8) is 0 Å². The number of methoxy groups -OCH3 is 1. The van der Waals surface area contributed by atoms with Crippen LogP contribution in [0.25, 0.3) is 0 Å². The topological polar surface area (TPSA) is 36.3 Å². The Kier molecular flexibility index (Phi) is 2.87. The van der Waals surface area contributed by atoms with E-state index in [9.17, 15) is 5.26 Å². The summed E-state index contributed by atoms with van der Waals surface area (Å²) in [4.78, 5) is 2.43. The SMILES string of the molecule is COc1ccc(C#N)c(N(CC2CC2)C2CC2)c1. The molecule has 0 saturated heterocycles. The maximum atomic E-state index is 9.27. The molecule has 2 fully saturated rings. The van der Waals surface area contributed by atoms with Gasteiger partial charge in [0.05, 0.1) is 18.4 Å². The molecule has 3 heteroatoms. The zero-order chi connectivity index (χ0) is 12.5. The first-order valence-electron chi connectivity index (χ1n) is 6.66. The molecule has 3 rings (SSSR count). The van der Waals surface area contributed by atoms with Gasteiger partial charge in [0.25, 0.3) is 0 Å². The van der Waals surface area contributed by atoms with E-state index in [1.54, 1.807) is 7.11 Å². The van der Waals surface area contributed by atoms with Gasteiger partial charge >= 0.3 is 0 Å². The second kappa shape index (κ2) is 4.53. The van der Waals surface area contributed by atoms with Crippen molar-refractivity contribution in [2.24, 2.45) is 5.92 Å². The van der Waals surface area contributed by atoms with Crippen molar-refractivity contribution in [2.75, 3.05) is 18.6 Å². The van der Waals surface area contributed by atoms with Gasteiger partial charge < -0.3 is 9.64 Å². The van der Waals surface area contributed by atoms with Crippen LogP contribution in [0.5, 0.6) is 5.75 Å². The molecule has 0 bridgehead atoms. The van der Waals surface area contributed by atoms with Crippen molar-refractivity contribution < 1.29 is 4.74 Å². The number of benzene rings is 1. The number of anilines is 1. The molecule has 1 aromatic carbocycles. The fourth-order valence-electron chi connectivity index (χ4n) is 2.38. The van der Waals surface area contributed by atoms with Crippen LogP contribution in [-0.2, 0) is 0 Å². The lowest BCUT2D eigenvalue weighted by Crippen LogP contribution is -2.28. The molecule has 18 heavy (non-hydrogen) atoms. The summed E-state index contributed by atoms with van der Waals surface area (Å²) >= 11 is 0. The third-order valence-corrected chi connectivity index (χ3v) is 3.77. The first-order chi connectivity index (χ1) is 8.81. The average Bonchev–Trinajstić information content (AvgIpc) is 3.28. The molecule has 0 N–H and O–H groups in total. The van der Waals surface area contributed by atoms with E-state index in [-0.39, 0.29) is 0 Å². The highest BCUT2D eigenvalue weighted by Crippen LogP contribution is 2.39. The van der Waals surface area contributed by atoms with Gasteiger partial charge in [0, 0.05) is 18.7 Å². The van der Waals surface area contributed by atoms with Gasteiger partial charge in [-0.1, -0.05) is 0 Å². The Labute approximate surface area is 108 Å². The minimum atomic E-state index is 0.643. The highest BCUT2D eigenvalue weighted by molar-refractivity contribution is 5.63. The second-order valence-corrected chi connectivity index (χ2v) is 5.32. The summed E-state index contributed by atoms with van der Waals surface area (Å²) in [6.45, 7) is 1.10. The summed E-state index contributed by atoms with van der Waals surface area (Å²) < 4.78 is 5.29. The Morgan fingerprint density at radius 1 is 1.33 bits per heavy atom. The molecule has 3 nitrogen and oxygen atoms in total. The predicted octanol–water partition coefficient (Wildman–Crippen LogP) is 2.95. The van der Waals surface area contributed by atoms with E-state index in [1.165, 1.54) is 25.7 Å². The van der Waals surface area contributed by atoms with E-state index in [0.29, 0.717) is 6.04 Å². The quantitative estimate of drug-likeness (QED) is 0.796. The van der Waals surface area contributed by atoms with E-state index >= 15 is 0 Å². The third-order valence-electron chi connectivity index (χ3n) is 3.77. The lowest BCUT2D eigenvalue weighted by atomic mass is 10.1. The maximum Gasteiger partial charge on any atom is 0.121 e. The molecule has 94 valence electrons. The smallest absolute Gasteiger partial charge is 0.121 e. The lowest BCUT2D eigenvalue weighted by Gasteiger charge is -2.26. The van der Waals surface area contributed by atoms with Gasteiger partial charge in [-0.25, -0.2) is 0 Å². The van der Waals surface area contributed by atoms with E-state index < -0.39 is 0 Å². The molecule has 0 heterocycles. The van der Waals surface area contributed by atoms with Crippen molar-refractivity contribution in [2.45, 2.75) is 31.7 Å². The second-order valence-electron chi connectivity index (χ2n) is 5.32. The van der Waals surface area contributed by atoms with Crippen LogP contribution in [0.1, 0.15) is 31.2 Å². The summed E-state index contributed by atoms with van der Waals surface area (Å²) in [5.74, 6) is 1.67. The Balaban J connectivity index is 1.92. The minimum Gasteiger partial charge on any atom is -0.497 e. The first kappa shape index (κ1) is 11.4. The average molecular weight is 242 g/mol. The monoisotopic (exact) mass is 242 g/mol.